The van der Waals surface area contributed by atoms with Gasteiger partial charge in [0, 0.05) is 37.6 Å². The molecule has 0 saturated carbocycles. The largest absolute Gasteiger partial charge is 0.437 e. The molecule has 33 heavy (non-hydrogen) atoms. The predicted octanol–water partition coefficient (Wildman–Crippen LogP) is 5.72. The lowest BCUT2D eigenvalue weighted by Crippen LogP contribution is -2.50. The summed E-state index contributed by atoms with van der Waals surface area (Å²) in [7, 11) is 0. The molecule has 1 N–H and O–H groups in total. The molecule has 0 bridgehead atoms. The molecule has 3 aromatic rings. The fourth-order valence-corrected chi connectivity index (χ4v) is 4.25. The van der Waals surface area contributed by atoms with Crippen molar-refractivity contribution in [2.45, 2.75) is 34.1 Å². The van der Waals surface area contributed by atoms with Crippen LogP contribution >= 0.6 is 0 Å². The number of hydrogen-bond acceptors (Lipinski definition) is 4. The molecule has 2 amide bonds. The number of nitrogens with one attached hydrogen (secondary N) is 1. The third-order valence-corrected chi connectivity index (χ3v) is 6.00. The second-order valence-corrected chi connectivity index (χ2v) is 8.60. The van der Waals surface area contributed by atoms with Crippen molar-refractivity contribution in [3.05, 3.63) is 77.0 Å². The fourth-order valence-electron chi connectivity index (χ4n) is 4.25. The highest BCUT2D eigenvalue weighted by Gasteiger charge is 2.23. The molecule has 6 nitrogen and oxygen atoms in total. The highest BCUT2D eigenvalue weighted by atomic mass is 16.5. The van der Waals surface area contributed by atoms with Gasteiger partial charge in [0.2, 0.25) is 5.88 Å². The fraction of sp³-hybridized carbons (Fsp3) is 0.333. The molecule has 1 aliphatic heterocycles. The first-order valence-electron chi connectivity index (χ1n) is 11.6. The van der Waals surface area contributed by atoms with Gasteiger partial charge in [0.25, 0.3) is 0 Å². The second-order valence-electron chi connectivity index (χ2n) is 8.60. The van der Waals surface area contributed by atoms with E-state index in [4.69, 9.17) is 4.74 Å². The van der Waals surface area contributed by atoms with E-state index in [9.17, 15) is 4.79 Å². The third-order valence-electron chi connectivity index (χ3n) is 6.00. The molecule has 0 radical (unpaired) electrons. The summed E-state index contributed by atoms with van der Waals surface area (Å²) in [6.07, 6.45) is 0.835. The predicted molar refractivity (Wildman–Crippen MR) is 134 cm³/mol. The van der Waals surface area contributed by atoms with Crippen LogP contribution in [0, 0.1) is 20.8 Å². The van der Waals surface area contributed by atoms with E-state index in [1.807, 2.05) is 48.2 Å². The molecule has 1 aliphatic rings. The summed E-state index contributed by atoms with van der Waals surface area (Å²) in [4.78, 5) is 22.0. The molecule has 4 rings (SSSR count). The quantitative estimate of drug-likeness (QED) is 0.547. The van der Waals surface area contributed by atoms with Crippen LogP contribution in [0.25, 0.3) is 0 Å². The van der Waals surface area contributed by atoms with Crippen molar-refractivity contribution in [3.8, 4) is 11.6 Å². The number of aromatic nitrogens is 1. The van der Waals surface area contributed by atoms with Gasteiger partial charge in [0.1, 0.15) is 11.4 Å². The Balaban J connectivity index is 1.46. The first-order valence-corrected chi connectivity index (χ1v) is 11.6. The minimum atomic E-state index is -0.124. The Morgan fingerprint density at radius 1 is 0.970 bits per heavy atom. The Kier molecular flexibility index (Phi) is 6.82. The lowest BCUT2D eigenvalue weighted by atomic mass is 10.1. The summed E-state index contributed by atoms with van der Waals surface area (Å²) < 4.78 is 6.02. The second kappa shape index (κ2) is 9.94. The summed E-state index contributed by atoms with van der Waals surface area (Å²) in [5.41, 5.74) is 6.34. The molecule has 2 heterocycles. The molecule has 172 valence electrons. The number of hydrogen-bond donors (Lipinski definition) is 1. The number of ether oxygens (including phenoxy) is 1. The van der Waals surface area contributed by atoms with Gasteiger partial charge in [-0.3, -0.25) is 0 Å². The van der Waals surface area contributed by atoms with Crippen LogP contribution in [0.2, 0.25) is 0 Å². The van der Waals surface area contributed by atoms with E-state index in [0.29, 0.717) is 30.4 Å². The summed E-state index contributed by atoms with van der Waals surface area (Å²) in [5.74, 6) is 1.10. The number of benzene rings is 2. The lowest BCUT2D eigenvalue weighted by Gasteiger charge is -2.36. The van der Waals surface area contributed by atoms with Gasteiger partial charge in [-0.1, -0.05) is 31.2 Å². The van der Waals surface area contributed by atoms with Gasteiger partial charge in [0.15, 0.2) is 0 Å². The lowest BCUT2D eigenvalue weighted by molar-refractivity contribution is 0.208. The van der Waals surface area contributed by atoms with E-state index in [1.165, 1.54) is 16.8 Å². The Hall–Kier alpha value is -3.54. The number of anilines is 2. The van der Waals surface area contributed by atoms with Gasteiger partial charge in [-0.2, -0.15) is 0 Å². The minimum absolute atomic E-state index is 0.124. The number of urea groups is 1. The van der Waals surface area contributed by atoms with Crippen LogP contribution in [0.1, 0.15) is 29.3 Å². The monoisotopic (exact) mass is 444 g/mol. The zero-order valence-electron chi connectivity index (χ0n) is 19.9. The van der Waals surface area contributed by atoms with Crippen LogP contribution in [-0.2, 0) is 6.42 Å². The first-order chi connectivity index (χ1) is 15.9. The van der Waals surface area contributed by atoms with Crippen molar-refractivity contribution >= 4 is 17.4 Å². The summed E-state index contributed by atoms with van der Waals surface area (Å²) in [6.45, 7) is 11.2. The molecule has 0 spiro atoms. The molecule has 2 aromatic carbocycles. The van der Waals surface area contributed by atoms with Crippen LogP contribution in [0.3, 0.4) is 0 Å². The van der Waals surface area contributed by atoms with Gasteiger partial charge in [-0.05, 0) is 74.2 Å². The maximum atomic E-state index is 13.1. The van der Waals surface area contributed by atoms with Crippen LogP contribution in [0.5, 0.6) is 11.6 Å². The van der Waals surface area contributed by atoms with E-state index in [0.717, 1.165) is 30.8 Å². The molecule has 0 unspecified atom stereocenters. The smallest absolute Gasteiger partial charge is 0.322 e. The Morgan fingerprint density at radius 2 is 1.64 bits per heavy atom. The number of para-hydroxylation sites is 1. The van der Waals surface area contributed by atoms with Gasteiger partial charge in [0.05, 0.1) is 0 Å². The standard InChI is InChI=1S/C27H32N4O2/c1-5-22-18-25(26(28-21(22)4)33-24-9-7-6-8-10-24)29-27(32)31-13-11-30(12-14-31)23-16-19(2)15-20(3)17-23/h6-10,15-18H,5,11-14H2,1-4H3,(H,29,32). The van der Waals surface area contributed by atoms with Gasteiger partial charge < -0.3 is 19.9 Å². The Bertz CT molecular complexity index is 1100. The van der Waals surface area contributed by atoms with E-state index in [1.54, 1.807) is 0 Å². The zero-order chi connectivity index (χ0) is 23.4. The molecule has 0 aliphatic carbocycles. The van der Waals surface area contributed by atoms with E-state index in [2.05, 4.69) is 54.2 Å². The van der Waals surface area contributed by atoms with E-state index >= 15 is 0 Å². The third kappa shape index (κ3) is 5.45. The Labute approximate surface area is 196 Å². The molecule has 6 heteroatoms. The maximum Gasteiger partial charge on any atom is 0.322 e. The average molecular weight is 445 g/mol. The number of aryl methyl sites for hydroxylation is 4. The Morgan fingerprint density at radius 3 is 2.27 bits per heavy atom. The van der Waals surface area contributed by atoms with Crippen molar-refractivity contribution in [3.63, 3.8) is 0 Å². The van der Waals surface area contributed by atoms with E-state index < -0.39 is 0 Å². The van der Waals surface area contributed by atoms with Crippen molar-refractivity contribution in [2.75, 3.05) is 36.4 Å². The zero-order valence-corrected chi connectivity index (χ0v) is 19.9. The van der Waals surface area contributed by atoms with Gasteiger partial charge in [-0.25, -0.2) is 9.78 Å². The van der Waals surface area contributed by atoms with Gasteiger partial charge >= 0.3 is 6.03 Å². The van der Waals surface area contributed by atoms with Crippen molar-refractivity contribution < 1.29 is 9.53 Å². The molecular formula is C27H32N4O2. The molecule has 1 fully saturated rings. The summed E-state index contributed by atoms with van der Waals surface area (Å²) >= 11 is 0. The molecular weight excluding hydrogens is 412 g/mol. The van der Waals surface area contributed by atoms with Crippen molar-refractivity contribution in [1.29, 1.82) is 0 Å². The average Bonchev–Trinajstić information content (AvgIpc) is 2.81. The SMILES string of the molecule is CCc1cc(NC(=O)N2CCN(c3cc(C)cc(C)c3)CC2)c(Oc2ccccc2)nc1C. The van der Waals surface area contributed by atoms with Crippen molar-refractivity contribution in [2.24, 2.45) is 0 Å². The number of carbonyl (C=O) groups excluding carboxylic acids is 1. The summed E-state index contributed by atoms with van der Waals surface area (Å²) in [5, 5.41) is 3.06. The number of piperazine rings is 1. The molecule has 1 saturated heterocycles. The minimum Gasteiger partial charge on any atom is -0.437 e. The number of nitrogens with zero attached hydrogens (tertiary/aromatic N) is 3. The number of pyridine rings is 1. The number of amides is 2. The van der Waals surface area contributed by atoms with Crippen molar-refractivity contribution in [1.82, 2.24) is 9.88 Å². The van der Waals surface area contributed by atoms with E-state index in [-0.39, 0.29) is 6.03 Å². The highest BCUT2D eigenvalue weighted by molar-refractivity contribution is 5.91. The van der Waals surface area contributed by atoms with Crippen LogP contribution in [-0.4, -0.2) is 42.1 Å². The molecule has 0 atom stereocenters. The number of carbonyl (C=O) groups is 1. The normalized spacial score (nSPS) is 13.7. The van der Waals surface area contributed by atoms with Crippen LogP contribution in [0.4, 0.5) is 16.2 Å². The first kappa shape index (κ1) is 22.6. The number of rotatable bonds is 5. The summed E-state index contributed by atoms with van der Waals surface area (Å²) in [6, 6.07) is 18.0. The maximum absolute atomic E-state index is 13.1. The molecule has 1 aromatic heterocycles. The highest BCUT2D eigenvalue weighted by Crippen LogP contribution is 2.30. The van der Waals surface area contributed by atoms with Crippen LogP contribution < -0.4 is 15.0 Å². The van der Waals surface area contributed by atoms with Crippen LogP contribution in [0.15, 0.2) is 54.6 Å². The van der Waals surface area contributed by atoms with Gasteiger partial charge in [-0.15, -0.1) is 0 Å². The topological polar surface area (TPSA) is 57.7 Å².